The molecule has 0 bridgehead atoms. The maximum atomic E-state index is 12.2. The van der Waals surface area contributed by atoms with Crippen molar-refractivity contribution in [2.24, 2.45) is 5.41 Å². The lowest BCUT2D eigenvalue weighted by Crippen LogP contribution is -2.36. The zero-order valence-electron chi connectivity index (χ0n) is 16.1. The molecule has 136 valence electrons. The van der Waals surface area contributed by atoms with Crippen molar-refractivity contribution in [1.82, 2.24) is 10.6 Å². The van der Waals surface area contributed by atoms with Crippen LogP contribution in [0.5, 0.6) is 0 Å². The van der Waals surface area contributed by atoms with E-state index in [1.165, 1.54) is 24.8 Å². The first-order valence-corrected chi connectivity index (χ1v) is 9.75. The van der Waals surface area contributed by atoms with Gasteiger partial charge in [0.25, 0.3) is 0 Å². The van der Waals surface area contributed by atoms with E-state index in [9.17, 15) is 4.79 Å². The van der Waals surface area contributed by atoms with Gasteiger partial charge in [-0.3, -0.25) is 4.79 Å². The number of nitrogens with one attached hydrogen (secondary N) is 2. The summed E-state index contributed by atoms with van der Waals surface area (Å²) < 4.78 is 0. The number of piperidine rings is 1. The fraction of sp³-hybridized carbons (Fsp3) is 0.667. The molecule has 3 heteroatoms. The van der Waals surface area contributed by atoms with Crippen LogP contribution in [0.3, 0.4) is 0 Å². The van der Waals surface area contributed by atoms with Gasteiger partial charge in [0.05, 0.1) is 6.42 Å². The van der Waals surface area contributed by atoms with Crippen molar-refractivity contribution in [3.63, 3.8) is 0 Å². The standard InChI is InChI=1S/C17H24N2O.2C2H6/c1-2-13-5-3-4-6-14(13)11-16(20)19-15-12-17(15)7-9-18-10-8-17;2*1-2/h2,4,6,15,18H,1,3,5,7-12H2,(H,19,20);2*1-2H3. The minimum atomic E-state index is 0.173. The highest BCUT2D eigenvalue weighted by atomic mass is 16.1. The van der Waals surface area contributed by atoms with E-state index in [1.54, 1.807) is 0 Å². The largest absolute Gasteiger partial charge is 0.353 e. The van der Waals surface area contributed by atoms with E-state index in [-0.39, 0.29) is 5.91 Å². The molecule has 1 heterocycles. The molecule has 1 atom stereocenters. The van der Waals surface area contributed by atoms with Crippen molar-refractivity contribution >= 4 is 5.91 Å². The van der Waals surface area contributed by atoms with Gasteiger partial charge in [-0.05, 0) is 61.8 Å². The quantitative estimate of drug-likeness (QED) is 0.794. The van der Waals surface area contributed by atoms with E-state index >= 15 is 0 Å². The van der Waals surface area contributed by atoms with E-state index in [0.717, 1.165) is 31.5 Å². The summed E-state index contributed by atoms with van der Waals surface area (Å²) in [6.45, 7) is 14.0. The molecular weight excluding hydrogens is 296 g/mol. The van der Waals surface area contributed by atoms with Crippen LogP contribution in [-0.4, -0.2) is 25.0 Å². The summed E-state index contributed by atoms with van der Waals surface area (Å²) in [5, 5.41) is 6.63. The highest BCUT2D eigenvalue weighted by Gasteiger charge is 2.54. The van der Waals surface area contributed by atoms with E-state index in [2.05, 4.69) is 29.4 Å². The third-order valence-corrected chi connectivity index (χ3v) is 5.03. The first kappa shape index (κ1) is 20.7. The van der Waals surface area contributed by atoms with Crippen LogP contribution >= 0.6 is 0 Å². The SMILES string of the molecule is C=CC1=C(CC(=O)NC2CC23CCNCC3)C=CCC1.CC.CC. The molecule has 2 N–H and O–H groups in total. The van der Waals surface area contributed by atoms with Crippen LogP contribution in [0, 0.1) is 5.41 Å². The van der Waals surface area contributed by atoms with Gasteiger partial charge in [-0.15, -0.1) is 0 Å². The Bertz CT molecular complexity index is 470. The highest BCUT2D eigenvalue weighted by Crippen LogP contribution is 2.52. The highest BCUT2D eigenvalue weighted by molar-refractivity contribution is 5.80. The third-order valence-electron chi connectivity index (χ3n) is 5.03. The Kier molecular flexibility index (Phi) is 9.05. The lowest BCUT2D eigenvalue weighted by Gasteiger charge is -2.23. The first-order chi connectivity index (χ1) is 11.7. The average molecular weight is 333 g/mol. The topological polar surface area (TPSA) is 41.1 Å². The van der Waals surface area contributed by atoms with Crippen LogP contribution in [0.1, 0.15) is 66.2 Å². The second-order valence-electron chi connectivity index (χ2n) is 6.31. The Morgan fingerprint density at radius 2 is 2.00 bits per heavy atom. The van der Waals surface area contributed by atoms with Crippen LogP contribution in [0.15, 0.2) is 36.0 Å². The van der Waals surface area contributed by atoms with Crippen molar-refractivity contribution in [3.05, 3.63) is 36.0 Å². The molecule has 24 heavy (non-hydrogen) atoms. The molecule has 1 saturated carbocycles. The minimum absolute atomic E-state index is 0.173. The lowest BCUT2D eigenvalue weighted by molar-refractivity contribution is -0.120. The second-order valence-corrected chi connectivity index (χ2v) is 6.31. The first-order valence-electron chi connectivity index (χ1n) is 9.75. The number of allylic oxidation sites excluding steroid dienone is 4. The van der Waals surface area contributed by atoms with Crippen molar-refractivity contribution in [2.45, 2.75) is 72.3 Å². The van der Waals surface area contributed by atoms with E-state index < -0.39 is 0 Å². The predicted molar refractivity (Wildman–Crippen MR) is 104 cm³/mol. The maximum absolute atomic E-state index is 12.2. The van der Waals surface area contributed by atoms with Crippen LogP contribution in [0.25, 0.3) is 0 Å². The monoisotopic (exact) mass is 332 g/mol. The maximum Gasteiger partial charge on any atom is 0.224 e. The second kappa shape index (κ2) is 10.5. The molecule has 3 aliphatic rings. The molecule has 1 unspecified atom stereocenters. The van der Waals surface area contributed by atoms with Crippen LogP contribution < -0.4 is 10.6 Å². The predicted octanol–water partition coefficient (Wildman–Crippen LogP) is 4.52. The van der Waals surface area contributed by atoms with Gasteiger partial charge in [-0.2, -0.15) is 0 Å². The van der Waals surface area contributed by atoms with Gasteiger partial charge in [-0.1, -0.05) is 52.5 Å². The molecule has 2 aliphatic carbocycles. The van der Waals surface area contributed by atoms with Gasteiger partial charge in [0.1, 0.15) is 0 Å². The molecule has 3 rings (SSSR count). The van der Waals surface area contributed by atoms with Crippen molar-refractivity contribution in [3.8, 4) is 0 Å². The molecule has 1 amide bonds. The summed E-state index contributed by atoms with van der Waals surface area (Å²) in [7, 11) is 0. The Balaban J connectivity index is 0.000000671. The number of amides is 1. The minimum Gasteiger partial charge on any atom is -0.353 e. The zero-order chi connectivity index (χ0) is 18.0. The number of hydrogen-bond donors (Lipinski definition) is 2. The molecule has 1 saturated heterocycles. The van der Waals surface area contributed by atoms with E-state index in [0.29, 0.717) is 17.9 Å². The normalized spacial score (nSPS) is 23.4. The van der Waals surface area contributed by atoms with Gasteiger partial charge in [0.2, 0.25) is 5.91 Å². The Morgan fingerprint density at radius 3 is 2.62 bits per heavy atom. The Hall–Kier alpha value is -1.35. The van der Waals surface area contributed by atoms with Gasteiger partial charge < -0.3 is 10.6 Å². The molecule has 0 aromatic carbocycles. The van der Waals surface area contributed by atoms with Gasteiger partial charge >= 0.3 is 0 Å². The molecule has 0 aromatic rings. The summed E-state index contributed by atoms with van der Waals surface area (Å²) >= 11 is 0. The summed E-state index contributed by atoms with van der Waals surface area (Å²) in [6.07, 6.45) is 12.3. The third kappa shape index (κ3) is 5.34. The molecule has 3 nitrogen and oxygen atoms in total. The van der Waals surface area contributed by atoms with E-state index in [4.69, 9.17) is 0 Å². The fourth-order valence-electron chi connectivity index (χ4n) is 3.58. The molecule has 2 fully saturated rings. The Labute approximate surface area is 148 Å². The van der Waals surface area contributed by atoms with Gasteiger partial charge in [0.15, 0.2) is 0 Å². The van der Waals surface area contributed by atoms with Crippen molar-refractivity contribution in [1.29, 1.82) is 0 Å². The molecule has 1 aliphatic heterocycles. The van der Waals surface area contributed by atoms with Crippen LogP contribution in [0.2, 0.25) is 0 Å². The molecule has 0 radical (unpaired) electrons. The van der Waals surface area contributed by atoms with Crippen molar-refractivity contribution < 1.29 is 4.79 Å². The number of carbonyl (C=O) groups is 1. The molecule has 0 aromatic heterocycles. The summed E-state index contributed by atoms with van der Waals surface area (Å²) in [5.41, 5.74) is 2.79. The smallest absolute Gasteiger partial charge is 0.224 e. The van der Waals surface area contributed by atoms with Gasteiger partial charge in [-0.25, -0.2) is 0 Å². The number of rotatable bonds is 4. The van der Waals surface area contributed by atoms with Crippen molar-refractivity contribution in [2.75, 3.05) is 13.1 Å². The summed E-state index contributed by atoms with van der Waals surface area (Å²) in [4.78, 5) is 12.2. The molecular formula is C21H36N2O. The van der Waals surface area contributed by atoms with Crippen LogP contribution in [0.4, 0.5) is 0 Å². The number of hydrogen-bond acceptors (Lipinski definition) is 2. The summed E-state index contributed by atoms with van der Waals surface area (Å²) in [5.74, 6) is 0.173. The lowest BCUT2D eigenvalue weighted by atomic mass is 9.93. The van der Waals surface area contributed by atoms with Gasteiger partial charge in [0, 0.05) is 6.04 Å². The zero-order valence-corrected chi connectivity index (χ0v) is 16.1. The number of carbonyl (C=O) groups excluding carboxylic acids is 1. The summed E-state index contributed by atoms with van der Waals surface area (Å²) in [6, 6.07) is 0.414. The molecule has 1 spiro atoms. The average Bonchev–Trinajstić information content (AvgIpc) is 3.29. The van der Waals surface area contributed by atoms with Crippen LogP contribution in [-0.2, 0) is 4.79 Å². The fourth-order valence-corrected chi connectivity index (χ4v) is 3.58. The Morgan fingerprint density at radius 1 is 1.33 bits per heavy atom. The van der Waals surface area contributed by atoms with E-state index in [1.807, 2.05) is 33.8 Å².